The Morgan fingerprint density at radius 2 is 1.70 bits per heavy atom. The fourth-order valence-corrected chi connectivity index (χ4v) is 2.97. The maximum absolute atomic E-state index is 9.93. The monoisotopic (exact) mass is 502 g/mol. The van der Waals surface area contributed by atoms with E-state index in [1.165, 1.54) is 38.5 Å². The predicted octanol–water partition coefficient (Wildman–Crippen LogP) is 5.73. The van der Waals surface area contributed by atoms with Crippen molar-refractivity contribution in [2.75, 3.05) is 0 Å². The van der Waals surface area contributed by atoms with Crippen molar-refractivity contribution in [1.82, 2.24) is 0 Å². The SMILES string of the molecule is CCCCCCCCCC(O)Oc1cc(I)ccc1I. The molecule has 0 aliphatic carbocycles. The average molecular weight is 502 g/mol. The Morgan fingerprint density at radius 3 is 2.40 bits per heavy atom. The van der Waals surface area contributed by atoms with Gasteiger partial charge in [0.2, 0.25) is 0 Å². The van der Waals surface area contributed by atoms with Gasteiger partial charge in [-0.2, -0.15) is 0 Å². The van der Waals surface area contributed by atoms with Crippen LogP contribution in [0.1, 0.15) is 58.3 Å². The molecule has 1 unspecified atom stereocenters. The van der Waals surface area contributed by atoms with E-state index in [0.29, 0.717) is 0 Å². The van der Waals surface area contributed by atoms with Crippen molar-refractivity contribution in [3.8, 4) is 5.75 Å². The first kappa shape index (κ1) is 18.5. The van der Waals surface area contributed by atoms with Gasteiger partial charge in [-0.05, 0) is 69.8 Å². The molecule has 1 aromatic rings. The number of ether oxygens (including phenoxy) is 1. The maximum atomic E-state index is 9.93. The van der Waals surface area contributed by atoms with E-state index in [-0.39, 0.29) is 0 Å². The third kappa shape index (κ3) is 8.02. The molecule has 2 nitrogen and oxygen atoms in total. The Bertz CT molecular complexity index is 383. The van der Waals surface area contributed by atoms with Crippen molar-refractivity contribution in [3.05, 3.63) is 25.3 Å². The number of aliphatic hydroxyl groups is 1. The van der Waals surface area contributed by atoms with Crippen LogP contribution in [0.2, 0.25) is 0 Å². The first-order valence-electron chi connectivity index (χ1n) is 7.43. The van der Waals surface area contributed by atoms with Crippen molar-refractivity contribution in [1.29, 1.82) is 0 Å². The van der Waals surface area contributed by atoms with Gasteiger partial charge in [0.1, 0.15) is 5.75 Å². The zero-order chi connectivity index (χ0) is 14.8. The first-order chi connectivity index (χ1) is 9.63. The van der Waals surface area contributed by atoms with Gasteiger partial charge in [-0.25, -0.2) is 0 Å². The highest BCUT2D eigenvalue weighted by atomic mass is 127. The summed E-state index contributed by atoms with van der Waals surface area (Å²) >= 11 is 4.49. The van der Waals surface area contributed by atoms with Gasteiger partial charge < -0.3 is 9.84 Å². The second kappa shape index (κ2) is 11.1. The first-order valence-corrected chi connectivity index (χ1v) is 9.59. The van der Waals surface area contributed by atoms with Gasteiger partial charge in [-0.15, -0.1) is 0 Å². The molecule has 1 atom stereocenters. The van der Waals surface area contributed by atoms with Crippen LogP contribution in [0, 0.1) is 7.14 Å². The van der Waals surface area contributed by atoms with Gasteiger partial charge in [-0.3, -0.25) is 0 Å². The minimum atomic E-state index is -0.683. The van der Waals surface area contributed by atoms with Gasteiger partial charge >= 0.3 is 0 Å². The Kier molecular flexibility index (Phi) is 10.2. The Morgan fingerprint density at radius 1 is 1.05 bits per heavy atom. The molecule has 0 aromatic heterocycles. The molecule has 0 bridgehead atoms. The third-order valence-electron chi connectivity index (χ3n) is 3.21. The largest absolute Gasteiger partial charge is 0.464 e. The number of unbranched alkanes of at least 4 members (excludes halogenated alkanes) is 6. The smallest absolute Gasteiger partial charge is 0.197 e. The highest BCUT2D eigenvalue weighted by Gasteiger charge is 2.09. The lowest BCUT2D eigenvalue weighted by Gasteiger charge is -2.15. The summed E-state index contributed by atoms with van der Waals surface area (Å²) in [4.78, 5) is 0. The van der Waals surface area contributed by atoms with E-state index < -0.39 is 6.29 Å². The lowest BCUT2D eigenvalue weighted by molar-refractivity contribution is -0.0252. The molecule has 0 spiro atoms. The number of aliphatic hydroxyl groups excluding tert-OH is 1. The summed E-state index contributed by atoms with van der Waals surface area (Å²) in [7, 11) is 0. The number of halogens is 2. The number of hydrogen-bond acceptors (Lipinski definition) is 2. The zero-order valence-electron chi connectivity index (χ0n) is 12.1. The van der Waals surface area contributed by atoms with E-state index in [2.05, 4.69) is 52.1 Å². The Balaban J connectivity index is 2.17. The molecular weight excluding hydrogens is 478 g/mol. The molecule has 0 saturated heterocycles. The van der Waals surface area contributed by atoms with Crippen LogP contribution in [0.4, 0.5) is 0 Å². The van der Waals surface area contributed by atoms with Crippen LogP contribution in [-0.4, -0.2) is 11.4 Å². The molecule has 0 amide bonds. The summed E-state index contributed by atoms with van der Waals surface area (Å²) in [5.74, 6) is 0.785. The van der Waals surface area contributed by atoms with Crippen LogP contribution in [0.15, 0.2) is 18.2 Å². The topological polar surface area (TPSA) is 29.5 Å². The van der Waals surface area contributed by atoms with Crippen LogP contribution in [0.25, 0.3) is 0 Å². The second-order valence-electron chi connectivity index (χ2n) is 5.06. The molecule has 1 N–H and O–H groups in total. The summed E-state index contributed by atoms with van der Waals surface area (Å²) in [5.41, 5.74) is 0. The van der Waals surface area contributed by atoms with E-state index in [9.17, 15) is 5.11 Å². The zero-order valence-corrected chi connectivity index (χ0v) is 16.4. The molecule has 1 aromatic carbocycles. The molecule has 0 aliphatic rings. The van der Waals surface area contributed by atoms with Crippen LogP contribution in [0.5, 0.6) is 5.75 Å². The Hall–Kier alpha value is 0.440. The molecule has 0 saturated carbocycles. The molecule has 0 aliphatic heterocycles. The normalized spacial score (nSPS) is 12.4. The van der Waals surface area contributed by atoms with Crippen molar-refractivity contribution in [2.24, 2.45) is 0 Å². The minimum Gasteiger partial charge on any atom is -0.464 e. The number of hydrogen-bond donors (Lipinski definition) is 1. The summed E-state index contributed by atoms with van der Waals surface area (Å²) in [6.07, 6.45) is 8.83. The predicted molar refractivity (Wildman–Crippen MR) is 101 cm³/mol. The van der Waals surface area contributed by atoms with Crippen molar-refractivity contribution in [2.45, 2.75) is 64.6 Å². The standard InChI is InChI=1S/C16H24I2O2/c1-2-3-4-5-6-7-8-9-16(19)20-15-12-13(17)10-11-14(15)18/h10-12,16,19H,2-9H2,1H3. The van der Waals surface area contributed by atoms with Crippen molar-refractivity contribution >= 4 is 45.2 Å². The van der Waals surface area contributed by atoms with Gasteiger partial charge in [0.25, 0.3) is 0 Å². The Labute approximate surface area is 150 Å². The lowest BCUT2D eigenvalue weighted by atomic mass is 10.1. The highest BCUT2D eigenvalue weighted by molar-refractivity contribution is 14.1. The van der Waals surface area contributed by atoms with Crippen LogP contribution >= 0.6 is 45.2 Å². The fourth-order valence-electron chi connectivity index (χ4n) is 2.05. The third-order valence-corrected chi connectivity index (χ3v) is 4.77. The second-order valence-corrected chi connectivity index (χ2v) is 7.47. The maximum Gasteiger partial charge on any atom is 0.197 e. The van der Waals surface area contributed by atoms with Crippen LogP contribution < -0.4 is 4.74 Å². The van der Waals surface area contributed by atoms with E-state index in [0.717, 1.165) is 25.7 Å². The molecular formula is C16H24I2O2. The van der Waals surface area contributed by atoms with Crippen molar-refractivity contribution < 1.29 is 9.84 Å². The van der Waals surface area contributed by atoms with E-state index in [1.807, 2.05) is 18.2 Å². The summed E-state index contributed by atoms with van der Waals surface area (Å²) < 4.78 is 7.78. The van der Waals surface area contributed by atoms with Gasteiger partial charge in [0.05, 0.1) is 3.57 Å². The molecule has 0 fully saturated rings. The summed E-state index contributed by atoms with van der Waals surface area (Å²) in [6.45, 7) is 2.24. The molecule has 0 radical (unpaired) electrons. The van der Waals surface area contributed by atoms with E-state index in [1.54, 1.807) is 0 Å². The quantitative estimate of drug-likeness (QED) is 0.252. The van der Waals surface area contributed by atoms with Crippen LogP contribution in [0.3, 0.4) is 0 Å². The van der Waals surface area contributed by atoms with E-state index >= 15 is 0 Å². The number of benzene rings is 1. The van der Waals surface area contributed by atoms with Crippen molar-refractivity contribution in [3.63, 3.8) is 0 Å². The summed E-state index contributed by atoms with van der Waals surface area (Å²) in [5, 5.41) is 9.93. The van der Waals surface area contributed by atoms with Crippen LogP contribution in [-0.2, 0) is 0 Å². The number of rotatable bonds is 10. The lowest BCUT2D eigenvalue weighted by Crippen LogP contribution is -2.15. The molecule has 20 heavy (non-hydrogen) atoms. The molecule has 0 heterocycles. The molecule has 4 heteroatoms. The summed E-state index contributed by atoms with van der Waals surface area (Å²) in [6, 6.07) is 6.02. The molecule has 114 valence electrons. The van der Waals surface area contributed by atoms with Gasteiger partial charge in [0.15, 0.2) is 6.29 Å². The fraction of sp³-hybridized carbons (Fsp3) is 0.625. The highest BCUT2D eigenvalue weighted by Crippen LogP contribution is 2.24. The van der Waals surface area contributed by atoms with Gasteiger partial charge in [0, 0.05) is 9.99 Å². The molecule has 1 rings (SSSR count). The van der Waals surface area contributed by atoms with E-state index in [4.69, 9.17) is 4.74 Å². The van der Waals surface area contributed by atoms with Gasteiger partial charge in [-0.1, -0.05) is 45.4 Å². The average Bonchev–Trinajstić information content (AvgIpc) is 2.42. The minimum absolute atomic E-state index is 0.683.